The van der Waals surface area contributed by atoms with E-state index in [1.54, 1.807) is 0 Å². The van der Waals surface area contributed by atoms with Gasteiger partial charge in [0.1, 0.15) is 5.75 Å². The highest BCUT2D eigenvalue weighted by Crippen LogP contribution is 2.42. The third-order valence-corrected chi connectivity index (χ3v) is 4.12. The van der Waals surface area contributed by atoms with Gasteiger partial charge in [-0.05, 0) is 10.9 Å². The molecule has 23 heavy (non-hydrogen) atoms. The molecule has 0 aromatic heterocycles. The lowest BCUT2D eigenvalue weighted by Gasteiger charge is -2.15. The first-order valence-electron chi connectivity index (χ1n) is 7.26. The molecule has 0 saturated carbocycles. The Morgan fingerprint density at radius 3 is 2.04 bits per heavy atom. The van der Waals surface area contributed by atoms with Crippen LogP contribution in [0.5, 0.6) is 5.75 Å². The van der Waals surface area contributed by atoms with Crippen molar-refractivity contribution in [3.8, 4) is 16.9 Å². The van der Waals surface area contributed by atoms with Gasteiger partial charge in [0.05, 0.1) is 18.2 Å². The van der Waals surface area contributed by atoms with E-state index < -0.39 is 5.91 Å². The number of rotatable bonds is 2. The van der Waals surface area contributed by atoms with Crippen LogP contribution in [0, 0.1) is 0 Å². The van der Waals surface area contributed by atoms with Crippen LogP contribution >= 0.6 is 0 Å². The molecule has 0 radical (unpaired) electrons. The van der Waals surface area contributed by atoms with Crippen LogP contribution in [0.4, 0.5) is 0 Å². The number of hydrogen-bond donors (Lipinski definition) is 1. The smallest absolute Gasteiger partial charge is 0.262 e. The molecule has 0 spiro atoms. The third kappa shape index (κ3) is 1.85. The number of imide groups is 1. The summed E-state index contributed by atoms with van der Waals surface area (Å²) >= 11 is 0. The predicted octanol–water partition coefficient (Wildman–Crippen LogP) is 3.40. The molecular weight excluding hydrogens is 290 g/mol. The van der Waals surface area contributed by atoms with Gasteiger partial charge in [-0.2, -0.15) is 0 Å². The standard InChI is InChI=1S/C19H13NO3/c1-23-17-13-10-6-5-9-12(13)14(11-7-3-2-4-8-11)15-16(17)19(22)20-18(15)21/h2-10H,1H3,(H,20,21,22). The molecule has 1 aliphatic heterocycles. The molecule has 0 saturated heterocycles. The zero-order valence-corrected chi connectivity index (χ0v) is 12.4. The Morgan fingerprint density at radius 2 is 1.35 bits per heavy atom. The number of carbonyl (C=O) groups is 2. The Bertz CT molecular complexity index is 961. The number of ether oxygens (including phenoxy) is 1. The van der Waals surface area contributed by atoms with E-state index in [1.807, 2.05) is 54.6 Å². The maximum atomic E-state index is 12.4. The Morgan fingerprint density at radius 1 is 0.739 bits per heavy atom. The maximum Gasteiger partial charge on any atom is 0.262 e. The van der Waals surface area contributed by atoms with E-state index in [0.29, 0.717) is 16.9 Å². The van der Waals surface area contributed by atoms with Crippen LogP contribution in [0.25, 0.3) is 21.9 Å². The van der Waals surface area contributed by atoms with Crippen molar-refractivity contribution in [2.24, 2.45) is 0 Å². The molecule has 1 aliphatic rings. The second-order valence-electron chi connectivity index (χ2n) is 5.35. The van der Waals surface area contributed by atoms with E-state index in [9.17, 15) is 9.59 Å². The second-order valence-corrected chi connectivity index (χ2v) is 5.35. The summed E-state index contributed by atoms with van der Waals surface area (Å²) in [5.74, 6) is -0.351. The minimum atomic E-state index is -0.412. The normalized spacial score (nSPS) is 13.1. The molecule has 0 fully saturated rings. The van der Waals surface area contributed by atoms with Crippen LogP contribution in [-0.2, 0) is 0 Å². The molecule has 1 heterocycles. The number of amides is 2. The quantitative estimate of drug-likeness (QED) is 0.738. The Labute approximate surface area is 132 Å². The molecule has 3 aromatic carbocycles. The number of nitrogens with one attached hydrogen (secondary N) is 1. The summed E-state index contributed by atoms with van der Waals surface area (Å²) in [6.45, 7) is 0. The molecule has 2 amide bonds. The molecule has 0 unspecified atom stereocenters. The zero-order chi connectivity index (χ0) is 16.0. The largest absolute Gasteiger partial charge is 0.495 e. The van der Waals surface area contributed by atoms with Crippen LogP contribution < -0.4 is 10.1 Å². The van der Waals surface area contributed by atoms with Crippen molar-refractivity contribution in [1.29, 1.82) is 0 Å². The summed E-state index contributed by atoms with van der Waals surface area (Å²) in [6.07, 6.45) is 0. The van der Waals surface area contributed by atoms with Crippen molar-refractivity contribution in [3.63, 3.8) is 0 Å². The first kappa shape index (κ1) is 13.5. The molecule has 0 atom stereocenters. The van der Waals surface area contributed by atoms with Gasteiger partial charge in [0, 0.05) is 10.9 Å². The van der Waals surface area contributed by atoms with Crippen LogP contribution in [0.1, 0.15) is 20.7 Å². The van der Waals surface area contributed by atoms with Crippen molar-refractivity contribution in [2.75, 3.05) is 7.11 Å². The summed E-state index contributed by atoms with van der Waals surface area (Å²) < 4.78 is 5.47. The number of methoxy groups -OCH3 is 1. The lowest BCUT2D eigenvalue weighted by atomic mass is 9.89. The summed E-state index contributed by atoms with van der Waals surface area (Å²) in [5, 5.41) is 4.09. The number of benzene rings is 3. The highest BCUT2D eigenvalue weighted by Gasteiger charge is 2.35. The van der Waals surface area contributed by atoms with Crippen LogP contribution in [0.3, 0.4) is 0 Å². The van der Waals surface area contributed by atoms with Crippen molar-refractivity contribution in [3.05, 3.63) is 65.7 Å². The first-order chi connectivity index (χ1) is 11.2. The fourth-order valence-electron chi connectivity index (χ4n) is 3.20. The Hall–Kier alpha value is -3.14. The molecule has 3 aromatic rings. The molecule has 4 nitrogen and oxygen atoms in total. The number of hydrogen-bond acceptors (Lipinski definition) is 3. The molecule has 112 valence electrons. The molecular formula is C19H13NO3. The van der Waals surface area contributed by atoms with E-state index in [-0.39, 0.29) is 5.91 Å². The van der Waals surface area contributed by atoms with Gasteiger partial charge in [-0.25, -0.2) is 0 Å². The van der Waals surface area contributed by atoms with E-state index in [0.717, 1.165) is 21.9 Å². The van der Waals surface area contributed by atoms with Gasteiger partial charge in [0.15, 0.2) is 0 Å². The van der Waals surface area contributed by atoms with Crippen molar-refractivity contribution < 1.29 is 14.3 Å². The van der Waals surface area contributed by atoms with Gasteiger partial charge >= 0.3 is 0 Å². The summed E-state index contributed by atoms with van der Waals surface area (Å²) in [4.78, 5) is 24.7. The second kappa shape index (κ2) is 4.95. The summed E-state index contributed by atoms with van der Waals surface area (Å²) in [6, 6.07) is 17.3. The van der Waals surface area contributed by atoms with Crippen LogP contribution in [0.15, 0.2) is 54.6 Å². The lowest BCUT2D eigenvalue weighted by molar-refractivity contribution is 0.0879. The molecule has 4 rings (SSSR count). The van der Waals surface area contributed by atoms with E-state index in [1.165, 1.54) is 7.11 Å². The first-order valence-corrected chi connectivity index (χ1v) is 7.26. The SMILES string of the molecule is COc1c2c(c(-c3ccccc3)c3ccccc13)C(=O)NC2=O. The third-order valence-electron chi connectivity index (χ3n) is 4.12. The van der Waals surface area contributed by atoms with E-state index in [2.05, 4.69) is 5.32 Å². The average Bonchev–Trinajstić information content (AvgIpc) is 2.88. The fraction of sp³-hybridized carbons (Fsp3) is 0.0526. The Balaban J connectivity index is 2.24. The maximum absolute atomic E-state index is 12.4. The minimum absolute atomic E-state index is 0.315. The topological polar surface area (TPSA) is 55.4 Å². The van der Waals surface area contributed by atoms with Crippen molar-refractivity contribution in [1.82, 2.24) is 5.32 Å². The van der Waals surface area contributed by atoms with Gasteiger partial charge in [-0.3, -0.25) is 14.9 Å². The lowest BCUT2D eigenvalue weighted by Crippen LogP contribution is -2.20. The summed E-state index contributed by atoms with van der Waals surface area (Å²) in [7, 11) is 1.51. The molecule has 0 aliphatic carbocycles. The Kier molecular flexibility index (Phi) is 2.91. The van der Waals surface area contributed by atoms with Gasteiger partial charge in [-0.1, -0.05) is 54.6 Å². The molecule has 1 N–H and O–H groups in total. The van der Waals surface area contributed by atoms with Gasteiger partial charge < -0.3 is 4.74 Å². The average molecular weight is 303 g/mol. The molecule has 4 heteroatoms. The van der Waals surface area contributed by atoms with E-state index >= 15 is 0 Å². The van der Waals surface area contributed by atoms with E-state index in [4.69, 9.17) is 4.74 Å². The monoisotopic (exact) mass is 303 g/mol. The van der Waals surface area contributed by atoms with Crippen molar-refractivity contribution >= 4 is 22.6 Å². The highest BCUT2D eigenvalue weighted by molar-refractivity contribution is 6.29. The zero-order valence-electron chi connectivity index (χ0n) is 12.4. The minimum Gasteiger partial charge on any atom is -0.495 e. The number of carbonyl (C=O) groups excluding carboxylic acids is 2. The number of fused-ring (bicyclic) bond motifs is 2. The van der Waals surface area contributed by atoms with Crippen LogP contribution in [0.2, 0.25) is 0 Å². The van der Waals surface area contributed by atoms with Gasteiger partial charge in [-0.15, -0.1) is 0 Å². The van der Waals surface area contributed by atoms with Gasteiger partial charge in [0.2, 0.25) is 0 Å². The molecule has 0 bridgehead atoms. The highest BCUT2D eigenvalue weighted by atomic mass is 16.5. The van der Waals surface area contributed by atoms with Gasteiger partial charge in [0.25, 0.3) is 11.8 Å². The van der Waals surface area contributed by atoms with Crippen LogP contribution in [-0.4, -0.2) is 18.9 Å². The fourth-order valence-corrected chi connectivity index (χ4v) is 3.20. The predicted molar refractivity (Wildman–Crippen MR) is 87.7 cm³/mol. The summed E-state index contributed by atoms with van der Waals surface area (Å²) in [5.41, 5.74) is 2.36. The van der Waals surface area contributed by atoms with Crippen molar-refractivity contribution in [2.45, 2.75) is 0 Å².